The first-order chi connectivity index (χ1) is 8.60. The van der Waals surface area contributed by atoms with E-state index >= 15 is 0 Å². The standard InChI is InChI=1S/C12H8Cl2N4/c13-9-5-10(14)12(18-11(9)16)17-8-3-1-7(6-15)2-4-8/h1-5H,(H3,16,17,18). The molecule has 18 heavy (non-hydrogen) atoms. The van der Waals surface area contributed by atoms with Gasteiger partial charge in [0.15, 0.2) is 5.82 Å². The summed E-state index contributed by atoms with van der Waals surface area (Å²) < 4.78 is 0. The minimum atomic E-state index is 0.206. The van der Waals surface area contributed by atoms with Gasteiger partial charge in [-0.3, -0.25) is 0 Å². The zero-order valence-corrected chi connectivity index (χ0v) is 10.6. The van der Waals surface area contributed by atoms with Crippen LogP contribution in [0.3, 0.4) is 0 Å². The molecule has 4 nitrogen and oxygen atoms in total. The number of nitrogens with two attached hydrogens (primary N) is 1. The van der Waals surface area contributed by atoms with Gasteiger partial charge in [-0.2, -0.15) is 5.26 Å². The third-order valence-corrected chi connectivity index (χ3v) is 2.82. The number of pyridine rings is 1. The molecule has 0 saturated carbocycles. The average molecular weight is 279 g/mol. The van der Waals surface area contributed by atoms with Gasteiger partial charge in [-0.25, -0.2) is 4.98 Å². The van der Waals surface area contributed by atoms with Crippen LogP contribution in [0, 0.1) is 11.3 Å². The summed E-state index contributed by atoms with van der Waals surface area (Å²) in [6, 6.07) is 10.4. The van der Waals surface area contributed by atoms with Crippen molar-refractivity contribution in [3.8, 4) is 6.07 Å². The summed E-state index contributed by atoms with van der Waals surface area (Å²) in [7, 11) is 0. The molecule has 0 bridgehead atoms. The maximum atomic E-state index is 8.69. The van der Waals surface area contributed by atoms with Crippen molar-refractivity contribution in [1.82, 2.24) is 4.98 Å². The molecule has 90 valence electrons. The molecule has 0 aliphatic heterocycles. The molecular weight excluding hydrogens is 271 g/mol. The molecule has 0 aliphatic carbocycles. The number of rotatable bonds is 2. The maximum Gasteiger partial charge on any atom is 0.151 e. The number of hydrogen-bond donors (Lipinski definition) is 2. The number of hydrogen-bond acceptors (Lipinski definition) is 4. The van der Waals surface area contributed by atoms with Gasteiger partial charge >= 0.3 is 0 Å². The highest BCUT2D eigenvalue weighted by molar-refractivity contribution is 6.37. The number of nitrogens with zero attached hydrogens (tertiary/aromatic N) is 2. The van der Waals surface area contributed by atoms with Crippen LogP contribution in [0.4, 0.5) is 17.3 Å². The predicted octanol–water partition coefficient (Wildman–Crippen LogP) is 3.59. The van der Waals surface area contributed by atoms with Crippen LogP contribution in [-0.4, -0.2) is 4.98 Å². The number of aromatic nitrogens is 1. The van der Waals surface area contributed by atoms with Crippen molar-refractivity contribution >= 4 is 40.5 Å². The van der Waals surface area contributed by atoms with Gasteiger partial charge in [0.2, 0.25) is 0 Å². The summed E-state index contributed by atoms with van der Waals surface area (Å²) in [5.41, 5.74) is 6.94. The van der Waals surface area contributed by atoms with E-state index in [2.05, 4.69) is 10.3 Å². The van der Waals surface area contributed by atoms with Crippen molar-refractivity contribution in [3.63, 3.8) is 0 Å². The highest BCUT2D eigenvalue weighted by atomic mass is 35.5. The second-order valence-corrected chi connectivity index (χ2v) is 4.31. The van der Waals surface area contributed by atoms with Crippen LogP contribution in [0.5, 0.6) is 0 Å². The summed E-state index contributed by atoms with van der Waals surface area (Å²) in [5, 5.41) is 12.4. The van der Waals surface area contributed by atoms with Crippen LogP contribution in [-0.2, 0) is 0 Å². The van der Waals surface area contributed by atoms with Crippen LogP contribution < -0.4 is 11.1 Å². The molecule has 0 saturated heterocycles. The fourth-order valence-electron chi connectivity index (χ4n) is 1.33. The molecule has 2 aromatic rings. The highest BCUT2D eigenvalue weighted by Gasteiger charge is 2.07. The lowest BCUT2D eigenvalue weighted by Crippen LogP contribution is -1.99. The van der Waals surface area contributed by atoms with Gasteiger partial charge in [0.1, 0.15) is 5.82 Å². The molecule has 0 amide bonds. The number of halogens is 2. The van der Waals surface area contributed by atoms with E-state index in [1.807, 2.05) is 6.07 Å². The Kier molecular flexibility index (Phi) is 3.56. The van der Waals surface area contributed by atoms with E-state index in [0.717, 1.165) is 5.69 Å². The van der Waals surface area contributed by atoms with Crippen LogP contribution in [0.15, 0.2) is 30.3 Å². The fraction of sp³-hybridized carbons (Fsp3) is 0. The van der Waals surface area contributed by atoms with E-state index in [1.54, 1.807) is 24.3 Å². The number of nitrogens with one attached hydrogen (secondary N) is 1. The van der Waals surface area contributed by atoms with E-state index < -0.39 is 0 Å². The molecule has 0 atom stereocenters. The molecule has 3 N–H and O–H groups in total. The number of anilines is 3. The minimum absolute atomic E-state index is 0.206. The van der Waals surface area contributed by atoms with Crippen LogP contribution in [0.1, 0.15) is 5.56 Å². The molecule has 0 unspecified atom stereocenters. The van der Waals surface area contributed by atoms with Gasteiger partial charge in [0, 0.05) is 5.69 Å². The number of benzene rings is 1. The first-order valence-electron chi connectivity index (χ1n) is 4.99. The zero-order valence-electron chi connectivity index (χ0n) is 9.11. The smallest absolute Gasteiger partial charge is 0.151 e. The van der Waals surface area contributed by atoms with Crippen molar-refractivity contribution in [2.24, 2.45) is 0 Å². The lowest BCUT2D eigenvalue weighted by molar-refractivity contribution is 1.31. The Hall–Kier alpha value is -1.96. The molecule has 0 radical (unpaired) electrons. The van der Waals surface area contributed by atoms with Gasteiger partial charge in [0.05, 0.1) is 21.7 Å². The highest BCUT2D eigenvalue weighted by Crippen LogP contribution is 2.29. The molecule has 0 spiro atoms. The van der Waals surface area contributed by atoms with Crippen molar-refractivity contribution in [2.45, 2.75) is 0 Å². The molecule has 0 fully saturated rings. The van der Waals surface area contributed by atoms with Crippen LogP contribution in [0.25, 0.3) is 0 Å². The van der Waals surface area contributed by atoms with E-state index in [0.29, 0.717) is 21.4 Å². The van der Waals surface area contributed by atoms with Gasteiger partial charge in [0.25, 0.3) is 0 Å². The van der Waals surface area contributed by atoms with Crippen molar-refractivity contribution < 1.29 is 0 Å². The van der Waals surface area contributed by atoms with E-state index in [4.69, 9.17) is 34.2 Å². The third kappa shape index (κ3) is 2.65. The van der Waals surface area contributed by atoms with E-state index in [9.17, 15) is 0 Å². The molecule has 1 heterocycles. The Bertz CT molecular complexity index is 617. The summed E-state index contributed by atoms with van der Waals surface area (Å²) in [6.45, 7) is 0. The van der Waals surface area contributed by atoms with Gasteiger partial charge in [-0.15, -0.1) is 0 Å². The van der Waals surface area contributed by atoms with Crippen molar-refractivity contribution in [2.75, 3.05) is 11.1 Å². The summed E-state index contributed by atoms with van der Waals surface area (Å²) in [5.74, 6) is 0.625. The summed E-state index contributed by atoms with van der Waals surface area (Å²) >= 11 is 11.8. The monoisotopic (exact) mass is 278 g/mol. The lowest BCUT2D eigenvalue weighted by atomic mass is 10.2. The average Bonchev–Trinajstić information content (AvgIpc) is 2.37. The minimum Gasteiger partial charge on any atom is -0.382 e. The summed E-state index contributed by atoms with van der Waals surface area (Å²) in [4.78, 5) is 4.05. The van der Waals surface area contributed by atoms with Gasteiger partial charge in [-0.1, -0.05) is 23.2 Å². The van der Waals surface area contributed by atoms with Crippen LogP contribution in [0.2, 0.25) is 10.0 Å². The molecule has 1 aromatic carbocycles. The molecule has 6 heteroatoms. The maximum absolute atomic E-state index is 8.69. The normalized spacial score (nSPS) is 9.83. The number of nitrogen functional groups attached to an aromatic ring is 1. The Balaban J connectivity index is 2.28. The first kappa shape index (κ1) is 12.5. The zero-order chi connectivity index (χ0) is 13.1. The van der Waals surface area contributed by atoms with Gasteiger partial charge in [-0.05, 0) is 30.3 Å². The largest absolute Gasteiger partial charge is 0.382 e. The Morgan fingerprint density at radius 2 is 1.83 bits per heavy atom. The van der Waals surface area contributed by atoms with Crippen LogP contribution >= 0.6 is 23.2 Å². The first-order valence-corrected chi connectivity index (χ1v) is 5.74. The Labute approximate surface area is 114 Å². The second-order valence-electron chi connectivity index (χ2n) is 3.50. The topological polar surface area (TPSA) is 74.7 Å². The predicted molar refractivity (Wildman–Crippen MR) is 73.1 cm³/mol. The lowest BCUT2D eigenvalue weighted by Gasteiger charge is -2.09. The Morgan fingerprint density at radius 1 is 1.17 bits per heavy atom. The fourth-order valence-corrected chi connectivity index (χ4v) is 1.74. The second kappa shape index (κ2) is 5.13. The third-order valence-electron chi connectivity index (χ3n) is 2.23. The number of nitriles is 1. The van der Waals surface area contributed by atoms with Crippen molar-refractivity contribution in [3.05, 3.63) is 45.9 Å². The van der Waals surface area contributed by atoms with Crippen molar-refractivity contribution in [1.29, 1.82) is 5.26 Å². The molecule has 2 rings (SSSR count). The quantitative estimate of drug-likeness (QED) is 0.880. The summed E-state index contributed by atoms with van der Waals surface area (Å²) in [6.07, 6.45) is 0. The molecule has 1 aromatic heterocycles. The molecule has 0 aliphatic rings. The molecular formula is C12H8Cl2N4. The van der Waals surface area contributed by atoms with E-state index in [1.165, 1.54) is 6.07 Å². The van der Waals surface area contributed by atoms with Gasteiger partial charge < -0.3 is 11.1 Å². The van der Waals surface area contributed by atoms with E-state index in [-0.39, 0.29) is 5.82 Å². The Morgan fingerprint density at radius 3 is 2.44 bits per heavy atom. The SMILES string of the molecule is N#Cc1ccc(Nc2nc(N)c(Cl)cc2Cl)cc1.